The number of carbonyl (C=O) groups is 3. The van der Waals surface area contributed by atoms with Crippen molar-refractivity contribution in [1.82, 2.24) is 19.9 Å². The lowest BCUT2D eigenvalue weighted by molar-refractivity contribution is -0.118. The van der Waals surface area contributed by atoms with E-state index in [1.165, 1.54) is 16.7 Å². The van der Waals surface area contributed by atoms with Gasteiger partial charge in [0.1, 0.15) is 17.6 Å². The number of primary amides is 1. The summed E-state index contributed by atoms with van der Waals surface area (Å²) in [5.74, 6) is -0.273. The number of nitrogens with two attached hydrogens (primary N) is 1. The second-order valence-corrected chi connectivity index (χ2v) is 8.82. The van der Waals surface area contributed by atoms with E-state index in [9.17, 15) is 19.2 Å². The molecule has 0 fully saturated rings. The third-order valence-electron chi connectivity index (χ3n) is 5.39. The van der Waals surface area contributed by atoms with Crippen LogP contribution in [0.5, 0.6) is 0 Å². The summed E-state index contributed by atoms with van der Waals surface area (Å²) in [5.41, 5.74) is 7.45. The molecule has 0 bridgehead atoms. The number of anilines is 1. The standard InChI is InChI=1S/C25H30N6O5/c1-15(2)13-16-7-5-9-17-22(16)30-21(27-17)14-31-12-6-10-19(24(31)34)28-23(33)18(29-25(35)36)8-3-4-11-20(26)32/h4-7,9-12,15,18,29H,3,8,13-14H2,1-2H3,(H2,26,32)(H,27,30)(H,28,33)(H,35,36)/b11-4+/t18-/m0/s1. The molecular weight excluding hydrogens is 464 g/mol. The molecule has 3 aromatic rings. The van der Waals surface area contributed by atoms with Crippen molar-refractivity contribution in [3.8, 4) is 0 Å². The van der Waals surface area contributed by atoms with Crippen molar-refractivity contribution in [2.45, 2.75) is 45.7 Å². The molecule has 2 heterocycles. The topological polar surface area (TPSA) is 172 Å². The minimum absolute atomic E-state index is 0.00368. The molecule has 0 saturated carbocycles. The van der Waals surface area contributed by atoms with Crippen LogP contribution in [0.25, 0.3) is 11.0 Å². The summed E-state index contributed by atoms with van der Waals surface area (Å²) in [5, 5.41) is 13.7. The van der Waals surface area contributed by atoms with Crippen LogP contribution in [-0.2, 0) is 22.6 Å². The van der Waals surface area contributed by atoms with Crippen LogP contribution in [0, 0.1) is 5.92 Å². The molecule has 11 nitrogen and oxygen atoms in total. The number of rotatable bonds is 11. The number of pyridine rings is 1. The maximum atomic E-state index is 13.0. The van der Waals surface area contributed by atoms with Crippen LogP contribution in [0.3, 0.4) is 0 Å². The largest absolute Gasteiger partial charge is 0.465 e. The molecule has 0 aliphatic rings. The van der Waals surface area contributed by atoms with Crippen LogP contribution in [0.4, 0.5) is 10.5 Å². The predicted octanol–water partition coefficient (Wildman–Crippen LogP) is 2.37. The maximum absolute atomic E-state index is 13.0. The summed E-state index contributed by atoms with van der Waals surface area (Å²) in [4.78, 5) is 55.6. The van der Waals surface area contributed by atoms with Gasteiger partial charge in [-0.15, -0.1) is 0 Å². The highest BCUT2D eigenvalue weighted by molar-refractivity contribution is 5.96. The Morgan fingerprint density at radius 3 is 2.69 bits per heavy atom. The lowest BCUT2D eigenvalue weighted by Crippen LogP contribution is -2.44. The average Bonchev–Trinajstić information content (AvgIpc) is 3.21. The Morgan fingerprint density at radius 1 is 1.22 bits per heavy atom. The fourth-order valence-corrected chi connectivity index (χ4v) is 3.84. The van der Waals surface area contributed by atoms with Gasteiger partial charge in [-0.05, 0) is 55.0 Å². The summed E-state index contributed by atoms with van der Waals surface area (Å²) in [7, 11) is 0. The number of fused-ring (bicyclic) bond motifs is 1. The number of nitrogens with one attached hydrogen (secondary N) is 3. The number of carbonyl (C=O) groups excluding carboxylic acids is 2. The monoisotopic (exact) mass is 494 g/mol. The average molecular weight is 495 g/mol. The number of H-pyrrole nitrogens is 1. The van der Waals surface area contributed by atoms with Crippen LogP contribution < -0.4 is 21.9 Å². The van der Waals surface area contributed by atoms with Gasteiger partial charge in [0.25, 0.3) is 5.56 Å². The van der Waals surface area contributed by atoms with E-state index >= 15 is 0 Å². The number of hydrogen-bond donors (Lipinski definition) is 5. The molecule has 0 saturated heterocycles. The molecule has 0 radical (unpaired) electrons. The first-order valence-corrected chi connectivity index (χ1v) is 11.6. The van der Waals surface area contributed by atoms with E-state index in [0.717, 1.165) is 29.1 Å². The number of aromatic amines is 1. The van der Waals surface area contributed by atoms with Crippen LogP contribution in [0.15, 0.2) is 53.5 Å². The molecule has 0 aliphatic carbocycles. The molecule has 36 heavy (non-hydrogen) atoms. The highest BCUT2D eigenvalue weighted by atomic mass is 16.4. The first-order chi connectivity index (χ1) is 17.1. The van der Waals surface area contributed by atoms with Crippen LogP contribution in [0.1, 0.15) is 38.1 Å². The van der Waals surface area contributed by atoms with Crippen LogP contribution in [0.2, 0.25) is 0 Å². The molecule has 6 N–H and O–H groups in total. The van der Waals surface area contributed by atoms with Crippen molar-refractivity contribution < 1.29 is 19.5 Å². The minimum Gasteiger partial charge on any atom is -0.465 e. The number of para-hydroxylation sites is 1. The van der Waals surface area contributed by atoms with Crippen molar-refractivity contribution in [1.29, 1.82) is 0 Å². The molecule has 0 aliphatic heterocycles. The van der Waals surface area contributed by atoms with Gasteiger partial charge < -0.3 is 31.0 Å². The van der Waals surface area contributed by atoms with E-state index in [1.807, 2.05) is 18.2 Å². The Kier molecular flexibility index (Phi) is 8.61. The highest BCUT2D eigenvalue weighted by Crippen LogP contribution is 2.20. The second kappa shape index (κ2) is 11.8. The quantitative estimate of drug-likeness (QED) is 0.256. The Hall–Kier alpha value is -4.41. The molecule has 190 valence electrons. The molecule has 3 rings (SSSR count). The van der Waals surface area contributed by atoms with Crippen molar-refractivity contribution in [2.75, 3.05) is 5.32 Å². The summed E-state index contributed by atoms with van der Waals surface area (Å²) < 4.78 is 1.41. The van der Waals surface area contributed by atoms with Gasteiger partial charge in [0.05, 0.1) is 17.6 Å². The molecule has 0 spiro atoms. The third kappa shape index (κ3) is 7.05. The van der Waals surface area contributed by atoms with E-state index in [4.69, 9.17) is 15.8 Å². The highest BCUT2D eigenvalue weighted by Gasteiger charge is 2.21. The van der Waals surface area contributed by atoms with Gasteiger partial charge in [0, 0.05) is 6.20 Å². The first kappa shape index (κ1) is 26.2. The van der Waals surface area contributed by atoms with Crippen LogP contribution >= 0.6 is 0 Å². The zero-order chi connectivity index (χ0) is 26.2. The zero-order valence-electron chi connectivity index (χ0n) is 20.2. The van der Waals surface area contributed by atoms with Crippen LogP contribution in [-0.4, -0.2) is 43.6 Å². The first-order valence-electron chi connectivity index (χ1n) is 11.6. The van der Waals surface area contributed by atoms with Crippen molar-refractivity contribution in [3.05, 3.63) is 70.4 Å². The molecule has 0 unspecified atom stereocenters. The number of nitrogens with zero attached hydrogens (tertiary/aromatic N) is 2. The van der Waals surface area contributed by atoms with Crippen molar-refractivity contribution in [3.63, 3.8) is 0 Å². The molecular formula is C25H30N6O5. The van der Waals surface area contributed by atoms with Gasteiger partial charge in [-0.3, -0.25) is 14.4 Å². The Morgan fingerprint density at radius 2 is 2.00 bits per heavy atom. The fraction of sp³-hybridized carbons (Fsp3) is 0.320. The molecule has 2 aromatic heterocycles. The predicted molar refractivity (Wildman–Crippen MR) is 136 cm³/mol. The third-order valence-corrected chi connectivity index (χ3v) is 5.39. The van der Waals surface area contributed by atoms with E-state index < -0.39 is 29.5 Å². The molecule has 1 atom stereocenters. The number of aromatic nitrogens is 3. The second-order valence-electron chi connectivity index (χ2n) is 8.82. The summed E-state index contributed by atoms with van der Waals surface area (Å²) in [6, 6.07) is 7.86. The number of benzene rings is 1. The Bertz CT molecular complexity index is 1340. The smallest absolute Gasteiger partial charge is 0.405 e. The Balaban J connectivity index is 1.77. The minimum atomic E-state index is -1.39. The van der Waals surface area contributed by atoms with Gasteiger partial charge in [-0.25, -0.2) is 9.78 Å². The van der Waals surface area contributed by atoms with Gasteiger partial charge in [-0.1, -0.05) is 32.1 Å². The summed E-state index contributed by atoms with van der Waals surface area (Å²) >= 11 is 0. The van der Waals surface area contributed by atoms with Gasteiger partial charge >= 0.3 is 6.09 Å². The molecule has 3 amide bonds. The Labute approximate surface area is 207 Å². The molecule has 1 aromatic carbocycles. The molecule has 11 heteroatoms. The van der Waals surface area contributed by atoms with E-state index in [-0.39, 0.29) is 25.1 Å². The lowest BCUT2D eigenvalue weighted by Gasteiger charge is -2.16. The normalized spacial score (nSPS) is 12.2. The van der Waals surface area contributed by atoms with Gasteiger partial charge in [-0.2, -0.15) is 0 Å². The van der Waals surface area contributed by atoms with Crippen molar-refractivity contribution in [2.24, 2.45) is 11.7 Å². The van der Waals surface area contributed by atoms with E-state index in [2.05, 4.69) is 29.5 Å². The maximum Gasteiger partial charge on any atom is 0.405 e. The number of amides is 3. The summed E-state index contributed by atoms with van der Waals surface area (Å²) in [6.07, 6.45) is 3.96. The lowest BCUT2D eigenvalue weighted by atomic mass is 10.0. The van der Waals surface area contributed by atoms with E-state index in [0.29, 0.717) is 11.7 Å². The summed E-state index contributed by atoms with van der Waals surface area (Å²) in [6.45, 7) is 4.44. The zero-order valence-corrected chi connectivity index (χ0v) is 20.2. The number of imidazole rings is 1. The van der Waals surface area contributed by atoms with Gasteiger partial charge in [0.15, 0.2) is 0 Å². The fourth-order valence-electron chi connectivity index (χ4n) is 3.84. The van der Waals surface area contributed by atoms with Gasteiger partial charge in [0.2, 0.25) is 11.8 Å². The number of hydrogen-bond acceptors (Lipinski definition) is 5. The SMILES string of the molecule is CC(C)Cc1cccc2[nH]c(Cn3cccc(NC(=O)[C@H](CC/C=C/C(N)=O)NC(=O)O)c3=O)nc12. The van der Waals surface area contributed by atoms with E-state index in [1.54, 1.807) is 12.3 Å². The van der Waals surface area contributed by atoms with Crippen molar-refractivity contribution >= 4 is 34.6 Å². The number of carboxylic acid groups (broad SMARTS) is 1. The number of allylic oxidation sites excluding steroid dienone is 1.